The molecule has 0 saturated carbocycles. The van der Waals surface area contributed by atoms with Gasteiger partial charge >= 0.3 is 5.97 Å². The summed E-state index contributed by atoms with van der Waals surface area (Å²) in [5.74, 6) is -1.15. The minimum atomic E-state index is -3.35. The van der Waals surface area contributed by atoms with E-state index in [1.807, 2.05) is 0 Å². The van der Waals surface area contributed by atoms with E-state index in [0.717, 1.165) is 6.26 Å². The third kappa shape index (κ3) is 4.33. The molecule has 0 radical (unpaired) electrons. The van der Waals surface area contributed by atoms with Crippen LogP contribution in [-0.2, 0) is 21.1 Å². The molecule has 0 saturated heterocycles. The highest BCUT2D eigenvalue weighted by Gasteiger charge is 2.18. The van der Waals surface area contributed by atoms with Crippen molar-refractivity contribution in [3.63, 3.8) is 0 Å². The fourth-order valence-electron chi connectivity index (χ4n) is 1.36. The number of benzene rings is 1. The van der Waals surface area contributed by atoms with Gasteiger partial charge in [-0.3, -0.25) is 4.79 Å². The maximum atomic E-state index is 11.4. The molecular weight excluding hydrogens is 266 g/mol. The Morgan fingerprint density at radius 1 is 1.41 bits per heavy atom. The minimum Gasteiger partial charge on any atom is -0.480 e. The molecule has 0 unspecified atom stereocenters. The van der Waals surface area contributed by atoms with Gasteiger partial charge in [-0.2, -0.15) is 0 Å². The molecule has 0 fully saturated rings. The average Bonchev–Trinajstić information content (AvgIpc) is 2.16. The molecule has 1 rings (SSSR count). The van der Waals surface area contributed by atoms with Gasteiger partial charge in [-0.1, -0.05) is 18.2 Å². The van der Waals surface area contributed by atoms with Crippen molar-refractivity contribution in [3.8, 4) is 0 Å². The fourth-order valence-corrected chi connectivity index (χ4v) is 2.31. The van der Waals surface area contributed by atoms with Crippen molar-refractivity contribution in [1.82, 2.24) is 0 Å². The quantitative estimate of drug-likeness (QED) is 0.835. The maximum Gasteiger partial charge on any atom is 0.320 e. The third-order valence-corrected chi connectivity index (χ3v) is 3.33. The van der Waals surface area contributed by atoms with Crippen LogP contribution in [0.2, 0.25) is 0 Å². The number of rotatable bonds is 4. The van der Waals surface area contributed by atoms with Crippen LogP contribution in [0.3, 0.4) is 0 Å². The molecule has 17 heavy (non-hydrogen) atoms. The Hall–Kier alpha value is -1.11. The highest BCUT2D eigenvalue weighted by Crippen LogP contribution is 2.16. The summed E-state index contributed by atoms with van der Waals surface area (Å²) in [4.78, 5) is 10.7. The van der Waals surface area contributed by atoms with Gasteiger partial charge in [-0.05, 0) is 18.1 Å². The Morgan fingerprint density at radius 3 is 2.41 bits per heavy atom. The van der Waals surface area contributed by atoms with E-state index in [1.54, 1.807) is 18.2 Å². The van der Waals surface area contributed by atoms with Gasteiger partial charge in [0.1, 0.15) is 6.04 Å². The summed E-state index contributed by atoms with van der Waals surface area (Å²) in [6.07, 6.45) is 1.08. The summed E-state index contributed by atoms with van der Waals surface area (Å²) in [6, 6.07) is 5.16. The van der Waals surface area contributed by atoms with E-state index in [1.165, 1.54) is 6.07 Å². The van der Waals surface area contributed by atoms with Crippen LogP contribution in [0, 0.1) is 0 Å². The molecule has 1 atom stereocenters. The smallest absolute Gasteiger partial charge is 0.320 e. The first-order valence-electron chi connectivity index (χ1n) is 4.58. The van der Waals surface area contributed by atoms with Crippen molar-refractivity contribution >= 4 is 28.2 Å². The zero-order chi connectivity index (χ0) is 12.3. The van der Waals surface area contributed by atoms with Crippen LogP contribution in [0.1, 0.15) is 5.56 Å². The molecule has 7 heteroatoms. The number of carbonyl (C=O) groups is 1. The molecular formula is C10H14ClNO4S. The highest BCUT2D eigenvalue weighted by molar-refractivity contribution is 7.90. The second-order valence-electron chi connectivity index (χ2n) is 3.53. The SMILES string of the molecule is CS(=O)(=O)c1ccccc1C[C@H](N)C(=O)O.Cl. The molecule has 5 nitrogen and oxygen atoms in total. The number of hydrogen-bond acceptors (Lipinski definition) is 4. The van der Waals surface area contributed by atoms with E-state index in [0.29, 0.717) is 5.56 Å². The number of halogens is 1. The average molecular weight is 280 g/mol. The first-order chi connectivity index (χ1) is 7.32. The number of nitrogens with two attached hydrogens (primary N) is 1. The Labute approximate surface area is 106 Å². The van der Waals surface area contributed by atoms with Crippen molar-refractivity contribution in [2.75, 3.05) is 6.26 Å². The normalized spacial score (nSPS) is 12.6. The predicted molar refractivity (Wildman–Crippen MR) is 66.1 cm³/mol. The standard InChI is InChI=1S/C10H13NO4S.ClH/c1-16(14,15)9-5-3-2-4-7(9)6-8(11)10(12)13;/h2-5,8H,6,11H2,1H3,(H,12,13);1H/t8-;/m0./s1. The molecule has 0 heterocycles. The lowest BCUT2D eigenvalue weighted by Crippen LogP contribution is -2.32. The Balaban J connectivity index is 0.00000256. The zero-order valence-corrected chi connectivity index (χ0v) is 10.8. The van der Waals surface area contributed by atoms with Crippen LogP contribution in [0.4, 0.5) is 0 Å². The zero-order valence-electron chi connectivity index (χ0n) is 9.16. The third-order valence-electron chi connectivity index (χ3n) is 2.13. The molecule has 0 spiro atoms. The summed E-state index contributed by atoms with van der Waals surface area (Å²) in [6.45, 7) is 0. The molecule has 0 aliphatic heterocycles. The van der Waals surface area contributed by atoms with Crippen molar-refractivity contribution < 1.29 is 18.3 Å². The van der Waals surface area contributed by atoms with E-state index < -0.39 is 21.8 Å². The second-order valence-corrected chi connectivity index (χ2v) is 5.51. The van der Waals surface area contributed by atoms with Gasteiger partial charge < -0.3 is 10.8 Å². The van der Waals surface area contributed by atoms with E-state index in [2.05, 4.69) is 0 Å². The predicted octanol–water partition coefficient (Wildman–Crippen LogP) is 0.466. The number of carboxylic acid groups (broad SMARTS) is 1. The van der Waals surface area contributed by atoms with Gasteiger partial charge in [0.15, 0.2) is 9.84 Å². The molecule has 3 N–H and O–H groups in total. The lowest BCUT2D eigenvalue weighted by molar-refractivity contribution is -0.138. The van der Waals surface area contributed by atoms with Crippen molar-refractivity contribution in [2.24, 2.45) is 5.73 Å². The number of hydrogen-bond donors (Lipinski definition) is 2. The molecule has 0 aromatic heterocycles. The number of aliphatic carboxylic acids is 1. The van der Waals surface area contributed by atoms with Crippen molar-refractivity contribution in [1.29, 1.82) is 0 Å². The molecule has 1 aromatic rings. The Bertz CT molecular complexity index is 501. The monoisotopic (exact) mass is 279 g/mol. The summed E-state index contributed by atoms with van der Waals surface area (Å²) < 4.78 is 22.8. The van der Waals surface area contributed by atoms with Gasteiger partial charge in [-0.25, -0.2) is 8.42 Å². The van der Waals surface area contributed by atoms with Gasteiger partial charge in [-0.15, -0.1) is 12.4 Å². The van der Waals surface area contributed by atoms with Crippen molar-refractivity contribution in [3.05, 3.63) is 29.8 Å². The minimum absolute atomic E-state index is 0. The first-order valence-corrected chi connectivity index (χ1v) is 6.48. The summed E-state index contributed by atoms with van der Waals surface area (Å²) in [5.41, 5.74) is 5.80. The summed E-state index contributed by atoms with van der Waals surface area (Å²) in [5, 5.41) is 8.66. The topological polar surface area (TPSA) is 97.5 Å². The summed E-state index contributed by atoms with van der Waals surface area (Å²) >= 11 is 0. The van der Waals surface area contributed by atoms with Crippen LogP contribution in [0.25, 0.3) is 0 Å². The van der Waals surface area contributed by atoms with Crippen LogP contribution < -0.4 is 5.73 Å². The summed E-state index contributed by atoms with van der Waals surface area (Å²) in [7, 11) is -3.35. The van der Waals surface area contributed by atoms with Crippen LogP contribution in [0.5, 0.6) is 0 Å². The van der Waals surface area contributed by atoms with Crippen molar-refractivity contribution in [2.45, 2.75) is 17.4 Å². The van der Waals surface area contributed by atoms with Gasteiger partial charge in [0.25, 0.3) is 0 Å². The van der Waals surface area contributed by atoms with Gasteiger partial charge in [0.2, 0.25) is 0 Å². The van der Waals surface area contributed by atoms with Crippen LogP contribution >= 0.6 is 12.4 Å². The Kier molecular flexibility index (Phi) is 5.60. The lowest BCUT2D eigenvalue weighted by atomic mass is 10.1. The van der Waals surface area contributed by atoms with Gasteiger partial charge in [0, 0.05) is 6.26 Å². The van der Waals surface area contributed by atoms with E-state index in [4.69, 9.17) is 10.8 Å². The van der Waals surface area contributed by atoms with Crippen LogP contribution in [0.15, 0.2) is 29.2 Å². The van der Waals surface area contributed by atoms with E-state index in [-0.39, 0.29) is 23.7 Å². The Morgan fingerprint density at radius 2 is 1.94 bits per heavy atom. The first kappa shape index (κ1) is 15.9. The maximum absolute atomic E-state index is 11.4. The molecule has 0 aliphatic rings. The fraction of sp³-hybridized carbons (Fsp3) is 0.300. The molecule has 0 bridgehead atoms. The second kappa shape index (κ2) is 6.00. The van der Waals surface area contributed by atoms with Crippen LogP contribution in [-0.4, -0.2) is 31.8 Å². The molecule has 0 amide bonds. The number of carboxylic acids is 1. The largest absolute Gasteiger partial charge is 0.480 e. The molecule has 96 valence electrons. The van der Waals surface area contributed by atoms with Gasteiger partial charge in [0.05, 0.1) is 4.90 Å². The van der Waals surface area contributed by atoms with E-state index in [9.17, 15) is 13.2 Å². The molecule has 1 aromatic carbocycles. The lowest BCUT2D eigenvalue weighted by Gasteiger charge is -2.10. The van der Waals surface area contributed by atoms with E-state index >= 15 is 0 Å². The number of sulfone groups is 1. The molecule has 0 aliphatic carbocycles. The highest BCUT2D eigenvalue weighted by atomic mass is 35.5.